The van der Waals surface area contributed by atoms with E-state index in [2.05, 4.69) is 30.2 Å². The summed E-state index contributed by atoms with van der Waals surface area (Å²) in [6, 6.07) is 2.87. The lowest BCUT2D eigenvalue weighted by atomic mass is 9.76. The Labute approximate surface area is 127 Å². The van der Waals surface area contributed by atoms with Crippen LogP contribution in [0, 0.1) is 12.3 Å². The van der Waals surface area contributed by atoms with E-state index in [9.17, 15) is 0 Å². The Bertz CT molecular complexity index is 436. The predicted octanol–water partition coefficient (Wildman–Crippen LogP) is 4.10. The summed E-state index contributed by atoms with van der Waals surface area (Å²) in [4.78, 5) is 4.15. The first-order valence-corrected chi connectivity index (χ1v) is 9.03. The number of likely N-dealkylation sites (tertiary alicyclic amines) is 1. The molecule has 2 aliphatic rings. The van der Waals surface area contributed by atoms with E-state index in [1.807, 2.05) is 11.3 Å². The molecule has 0 aromatic carbocycles. The highest BCUT2D eigenvalue weighted by Gasteiger charge is 2.39. The number of aryl methyl sites for hydroxylation is 1. The van der Waals surface area contributed by atoms with Gasteiger partial charge in [-0.2, -0.15) is 0 Å². The lowest BCUT2D eigenvalue weighted by Crippen LogP contribution is -2.46. The molecule has 1 aliphatic carbocycles. The Hall–Kier alpha value is -0.380. The van der Waals surface area contributed by atoms with Crippen molar-refractivity contribution in [1.82, 2.24) is 4.90 Å². The molecule has 1 aliphatic heterocycles. The zero-order valence-electron chi connectivity index (χ0n) is 12.9. The molecular formula is C17H28N2S. The molecule has 1 spiro atoms. The number of piperidine rings is 1. The molecule has 2 N–H and O–H groups in total. The van der Waals surface area contributed by atoms with E-state index in [0.29, 0.717) is 11.5 Å². The fraction of sp³-hybridized carbons (Fsp3) is 0.765. The Kier molecular flexibility index (Phi) is 4.21. The van der Waals surface area contributed by atoms with Crippen molar-refractivity contribution in [2.75, 3.05) is 13.1 Å². The number of rotatable bonds is 3. The van der Waals surface area contributed by atoms with Gasteiger partial charge in [-0.05, 0) is 75.0 Å². The average molecular weight is 292 g/mol. The molecule has 2 heterocycles. The summed E-state index contributed by atoms with van der Waals surface area (Å²) in [6.07, 6.45) is 8.65. The molecule has 1 saturated heterocycles. The molecule has 2 fully saturated rings. The van der Waals surface area contributed by atoms with Crippen LogP contribution in [0.2, 0.25) is 0 Å². The number of hydrogen-bond donors (Lipinski definition) is 1. The van der Waals surface area contributed by atoms with Gasteiger partial charge in [-0.3, -0.25) is 4.90 Å². The molecule has 1 aromatic heterocycles. The zero-order chi connectivity index (χ0) is 14.2. The number of nitrogens with two attached hydrogens (primary N) is 1. The van der Waals surface area contributed by atoms with E-state index >= 15 is 0 Å². The van der Waals surface area contributed by atoms with Crippen LogP contribution >= 0.6 is 11.3 Å². The van der Waals surface area contributed by atoms with E-state index in [1.165, 1.54) is 62.1 Å². The maximum atomic E-state index is 6.34. The fourth-order valence-corrected chi connectivity index (χ4v) is 5.50. The third-order valence-corrected chi connectivity index (χ3v) is 6.67. The summed E-state index contributed by atoms with van der Waals surface area (Å²) in [7, 11) is 0. The van der Waals surface area contributed by atoms with Crippen LogP contribution in [-0.4, -0.2) is 24.0 Å². The van der Waals surface area contributed by atoms with E-state index in [-0.39, 0.29) is 6.04 Å². The molecule has 2 nitrogen and oxygen atoms in total. The standard InChI is InChI=1S/C17H28N2S/c1-13-5-12-20-16(13)15(14(2)18)19-10-8-17(9-11-19)6-3-4-7-17/h5,12,14-15H,3-4,6-11,18H2,1-2H3. The SMILES string of the molecule is Cc1ccsc1C(C(C)N)N1CCC2(CCCC2)CC1. The Morgan fingerprint density at radius 3 is 2.35 bits per heavy atom. The van der Waals surface area contributed by atoms with Crippen LogP contribution < -0.4 is 5.73 Å². The molecule has 0 radical (unpaired) electrons. The number of thiophene rings is 1. The topological polar surface area (TPSA) is 29.3 Å². The predicted molar refractivity (Wildman–Crippen MR) is 87.2 cm³/mol. The lowest BCUT2D eigenvalue weighted by molar-refractivity contribution is 0.0688. The van der Waals surface area contributed by atoms with Gasteiger partial charge in [0.1, 0.15) is 0 Å². The van der Waals surface area contributed by atoms with Crippen LogP contribution in [-0.2, 0) is 0 Å². The van der Waals surface area contributed by atoms with Crippen molar-refractivity contribution in [2.45, 2.75) is 64.5 Å². The minimum absolute atomic E-state index is 0.213. The molecule has 0 bridgehead atoms. The van der Waals surface area contributed by atoms with Crippen LogP contribution in [0.3, 0.4) is 0 Å². The van der Waals surface area contributed by atoms with Gasteiger partial charge in [-0.15, -0.1) is 11.3 Å². The van der Waals surface area contributed by atoms with Gasteiger partial charge in [0.05, 0.1) is 6.04 Å². The lowest BCUT2D eigenvalue weighted by Gasteiger charge is -2.44. The zero-order valence-corrected chi connectivity index (χ0v) is 13.7. The number of nitrogens with zero attached hydrogens (tertiary/aromatic N) is 1. The van der Waals surface area contributed by atoms with Crippen molar-refractivity contribution in [2.24, 2.45) is 11.1 Å². The maximum Gasteiger partial charge on any atom is 0.0593 e. The minimum Gasteiger partial charge on any atom is -0.326 e. The summed E-state index contributed by atoms with van der Waals surface area (Å²) in [5.74, 6) is 0. The van der Waals surface area contributed by atoms with E-state index in [1.54, 1.807) is 0 Å². The van der Waals surface area contributed by atoms with Gasteiger partial charge in [0.15, 0.2) is 0 Å². The summed E-state index contributed by atoms with van der Waals surface area (Å²) >= 11 is 1.88. The van der Waals surface area contributed by atoms with Crippen LogP contribution in [0.5, 0.6) is 0 Å². The second kappa shape index (κ2) is 5.78. The van der Waals surface area contributed by atoms with Crippen LogP contribution in [0.4, 0.5) is 0 Å². The van der Waals surface area contributed by atoms with Gasteiger partial charge in [-0.25, -0.2) is 0 Å². The molecule has 2 atom stereocenters. The van der Waals surface area contributed by atoms with Gasteiger partial charge < -0.3 is 5.73 Å². The second-order valence-corrected chi connectivity index (χ2v) is 7.96. The quantitative estimate of drug-likeness (QED) is 0.908. The normalized spacial score (nSPS) is 25.9. The molecule has 112 valence electrons. The Morgan fingerprint density at radius 1 is 1.20 bits per heavy atom. The van der Waals surface area contributed by atoms with Crippen molar-refractivity contribution >= 4 is 11.3 Å². The minimum atomic E-state index is 0.213. The van der Waals surface area contributed by atoms with Crippen molar-refractivity contribution in [3.05, 3.63) is 21.9 Å². The van der Waals surface area contributed by atoms with E-state index in [4.69, 9.17) is 5.73 Å². The third kappa shape index (κ3) is 2.68. The summed E-state index contributed by atoms with van der Waals surface area (Å²) < 4.78 is 0. The highest BCUT2D eigenvalue weighted by atomic mass is 32.1. The first kappa shape index (κ1) is 14.6. The van der Waals surface area contributed by atoms with Crippen molar-refractivity contribution < 1.29 is 0 Å². The summed E-state index contributed by atoms with van der Waals surface area (Å²) in [6.45, 7) is 6.88. The van der Waals surface area contributed by atoms with Gasteiger partial charge in [-0.1, -0.05) is 12.8 Å². The molecule has 2 unspecified atom stereocenters. The monoisotopic (exact) mass is 292 g/mol. The summed E-state index contributed by atoms with van der Waals surface area (Å²) in [5.41, 5.74) is 8.45. The van der Waals surface area contributed by atoms with Gasteiger partial charge in [0.2, 0.25) is 0 Å². The van der Waals surface area contributed by atoms with E-state index < -0.39 is 0 Å². The van der Waals surface area contributed by atoms with Crippen molar-refractivity contribution in [1.29, 1.82) is 0 Å². The third-order valence-electron chi connectivity index (χ3n) is 5.58. The van der Waals surface area contributed by atoms with Crippen LogP contribution in [0.1, 0.15) is 61.9 Å². The highest BCUT2D eigenvalue weighted by molar-refractivity contribution is 7.10. The Balaban J connectivity index is 1.72. The van der Waals surface area contributed by atoms with Crippen molar-refractivity contribution in [3.63, 3.8) is 0 Å². The second-order valence-electron chi connectivity index (χ2n) is 7.01. The molecule has 1 aromatic rings. The number of hydrogen-bond acceptors (Lipinski definition) is 3. The molecule has 3 heteroatoms. The molecule has 20 heavy (non-hydrogen) atoms. The molecular weight excluding hydrogens is 264 g/mol. The molecule has 3 rings (SSSR count). The van der Waals surface area contributed by atoms with Crippen LogP contribution in [0.15, 0.2) is 11.4 Å². The van der Waals surface area contributed by atoms with Gasteiger partial charge in [0, 0.05) is 10.9 Å². The fourth-order valence-electron chi connectivity index (χ4n) is 4.33. The molecule has 0 amide bonds. The smallest absolute Gasteiger partial charge is 0.0593 e. The largest absolute Gasteiger partial charge is 0.326 e. The average Bonchev–Trinajstić information content (AvgIpc) is 3.03. The first-order valence-electron chi connectivity index (χ1n) is 8.15. The van der Waals surface area contributed by atoms with Crippen molar-refractivity contribution in [3.8, 4) is 0 Å². The van der Waals surface area contributed by atoms with Gasteiger partial charge >= 0.3 is 0 Å². The van der Waals surface area contributed by atoms with E-state index in [0.717, 1.165) is 0 Å². The van der Waals surface area contributed by atoms with Gasteiger partial charge in [0.25, 0.3) is 0 Å². The Morgan fingerprint density at radius 2 is 1.85 bits per heavy atom. The summed E-state index contributed by atoms with van der Waals surface area (Å²) in [5, 5.41) is 2.21. The first-order chi connectivity index (χ1) is 9.61. The maximum absolute atomic E-state index is 6.34. The van der Waals surface area contributed by atoms with Crippen LogP contribution in [0.25, 0.3) is 0 Å². The highest BCUT2D eigenvalue weighted by Crippen LogP contribution is 2.47. The molecule has 1 saturated carbocycles.